The van der Waals surface area contributed by atoms with Crippen LogP contribution in [0.25, 0.3) is 0 Å². The van der Waals surface area contributed by atoms with Gasteiger partial charge in [-0.2, -0.15) is 0 Å². The fourth-order valence-corrected chi connectivity index (χ4v) is 2.62. The number of hydrogen-bond donors (Lipinski definition) is 2. The number of carboxylic acids is 1. The summed E-state index contributed by atoms with van der Waals surface area (Å²) in [4.78, 5) is 27.4. The Kier molecular flexibility index (Phi) is 5.80. The summed E-state index contributed by atoms with van der Waals surface area (Å²) in [6, 6.07) is 0.237. The molecular weight excluding hydrogens is 258 g/mol. The number of amides is 2. The molecule has 116 valence electrons. The van der Waals surface area contributed by atoms with Crippen LogP contribution in [0.5, 0.6) is 0 Å². The highest BCUT2D eigenvalue weighted by atomic mass is 16.4. The van der Waals surface area contributed by atoms with Gasteiger partial charge in [0, 0.05) is 19.1 Å². The average Bonchev–Trinajstić information content (AvgIpc) is 2.38. The first kappa shape index (κ1) is 16.8. The molecule has 1 aliphatic heterocycles. The molecule has 0 radical (unpaired) electrons. The predicted octanol–water partition coefficient (Wildman–Crippen LogP) is 1.37. The number of nitrogens with one attached hydrogen (secondary N) is 1. The van der Waals surface area contributed by atoms with E-state index in [2.05, 4.69) is 10.2 Å². The Morgan fingerprint density at radius 1 is 1.35 bits per heavy atom. The molecule has 1 heterocycles. The molecule has 1 unspecified atom stereocenters. The molecule has 1 fully saturated rings. The molecule has 0 aromatic rings. The number of urea groups is 1. The van der Waals surface area contributed by atoms with E-state index < -0.39 is 11.5 Å². The molecule has 1 aliphatic rings. The van der Waals surface area contributed by atoms with Crippen LogP contribution < -0.4 is 5.32 Å². The molecule has 20 heavy (non-hydrogen) atoms. The van der Waals surface area contributed by atoms with E-state index in [-0.39, 0.29) is 6.03 Å². The molecule has 6 heteroatoms. The van der Waals surface area contributed by atoms with Gasteiger partial charge in [0.1, 0.15) is 5.54 Å². The Bertz CT molecular complexity index is 352. The zero-order chi connectivity index (χ0) is 15.3. The van der Waals surface area contributed by atoms with Gasteiger partial charge in [-0.3, -0.25) is 0 Å². The Hall–Kier alpha value is -1.30. The van der Waals surface area contributed by atoms with Crippen molar-refractivity contribution in [1.29, 1.82) is 0 Å². The molecule has 0 saturated carbocycles. The molecule has 1 rings (SSSR count). The topological polar surface area (TPSA) is 72.9 Å². The lowest BCUT2D eigenvalue weighted by Crippen LogP contribution is -2.57. The van der Waals surface area contributed by atoms with Crippen molar-refractivity contribution in [3.05, 3.63) is 0 Å². The third kappa shape index (κ3) is 4.10. The second-order valence-electron chi connectivity index (χ2n) is 6.00. The van der Waals surface area contributed by atoms with Crippen LogP contribution in [0, 0.1) is 0 Å². The van der Waals surface area contributed by atoms with E-state index in [1.165, 1.54) is 0 Å². The molecular formula is C14H27N3O3. The fraction of sp³-hybridized carbons (Fsp3) is 0.857. The lowest BCUT2D eigenvalue weighted by Gasteiger charge is -2.37. The average molecular weight is 285 g/mol. The monoisotopic (exact) mass is 285 g/mol. The summed E-state index contributed by atoms with van der Waals surface area (Å²) in [5.74, 6) is -0.976. The van der Waals surface area contributed by atoms with Crippen LogP contribution in [-0.2, 0) is 4.79 Å². The highest BCUT2D eigenvalue weighted by molar-refractivity contribution is 5.85. The van der Waals surface area contributed by atoms with E-state index in [9.17, 15) is 14.7 Å². The molecule has 1 atom stereocenters. The van der Waals surface area contributed by atoms with Crippen molar-refractivity contribution < 1.29 is 14.7 Å². The number of carbonyl (C=O) groups excluding carboxylic acids is 1. The van der Waals surface area contributed by atoms with Crippen molar-refractivity contribution in [2.24, 2.45) is 0 Å². The van der Waals surface area contributed by atoms with Gasteiger partial charge in [-0.15, -0.1) is 0 Å². The quantitative estimate of drug-likeness (QED) is 0.800. The molecule has 0 spiro atoms. The van der Waals surface area contributed by atoms with E-state index in [0.29, 0.717) is 32.0 Å². The van der Waals surface area contributed by atoms with Crippen LogP contribution in [0.15, 0.2) is 0 Å². The van der Waals surface area contributed by atoms with Gasteiger partial charge in [0.05, 0.1) is 0 Å². The minimum atomic E-state index is -1.18. The van der Waals surface area contributed by atoms with E-state index in [4.69, 9.17) is 0 Å². The van der Waals surface area contributed by atoms with Gasteiger partial charge in [-0.05, 0) is 40.3 Å². The number of piperidine rings is 1. The summed E-state index contributed by atoms with van der Waals surface area (Å²) in [6.07, 6.45) is 3.00. The Balaban J connectivity index is 2.57. The van der Waals surface area contributed by atoms with E-state index in [1.807, 2.05) is 21.0 Å². The van der Waals surface area contributed by atoms with Crippen molar-refractivity contribution in [3.8, 4) is 0 Å². The second-order valence-corrected chi connectivity index (χ2v) is 6.00. The Morgan fingerprint density at radius 3 is 2.30 bits per heavy atom. The van der Waals surface area contributed by atoms with E-state index >= 15 is 0 Å². The van der Waals surface area contributed by atoms with Crippen LogP contribution in [0.2, 0.25) is 0 Å². The van der Waals surface area contributed by atoms with Crippen LogP contribution >= 0.6 is 0 Å². The standard InChI is InChI=1S/C14H27N3O3/c1-5-8-14(2,12(18)19)15-13(20)17-9-6-11(7-10-17)16(3)4/h11H,5-10H2,1-4H3,(H,15,20)(H,18,19). The molecule has 2 amide bonds. The Morgan fingerprint density at radius 2 is 1.90 bits per heavy atom. The minimum absolute atomic E-state index is 0.263. The number of carboxylic acid groups (broad SMARTS) is 1. The number of aliphatic carboxylic acids is 1. The summed E-state index contributed by atoms with van der Waals surface area (Å²) in [7, 11) is 4.09. The van der Waals surface area contributed by atoms with Crippen LogP contribution in [0.4, 0.5) is 4.79 Å². The van der Waals surface area contributed by atoms with Crippen molar-refractivity contribution in [3.63, 3.8) is 0 Å². The van der Waals surface area contributed by atoms with Crippen LogP contribution in [0.3, 0.4) is 0 Å². The maximum Gasteiger partial charge on any atom is 0.329 e. The third-order valence-corrected chi connectivity index (χ3v) is 4.09. The minimum Gasteiger partial charge on any atom is -0.480 e. The maximum atomic E-state index is 12.2. The summed E-state index contributed by atoms with van der Waals surface area (Å²) in [5.41, 5.74) is -1.18. The third-order valence-electron chi connectivity index (χ3n) is 4.09. The first-order valence-electron chi connectivity index (χ1n) is 7.27. The molecule has 0 aromatic carbocycles. The highest BCUT2D eigenvalue weighted by Gasteiger charge is 2.36. The number of carbonyl (C=O) groups is 2. The zero-order valence-electron chi connectivity index (χ0n) is 13.0. The normalized spacial score (nSPS) is 19.8. The number of hydrogen-bond acceptors (Lipinski definition) is 3. The largest absolute Gasteiger partial charge is 0.480 e. The molecule has 2 N–H and O–H groups in total. The van der Waals surface area contributed by atoms with Crippen LogP contribution in [-0.4, -0.2) is 65.7 Å². The summed E-state index contributed by atoms with van der Waals surface area (Å²) < 4.78 is 0. The predicted molar refractivity (Wildman–Crippen MR) is 77.8 cm³/mol. The zero-order valence-corrected chi connectivity index (χ0v) is 13.0. The van der Waals surface area contributed by atoms with Gasteiger partial charge in [0.25, 0.3) is 0 Å². The van der Waals surface area contributed by atoms with Crippen molar-refractivity contribution in [2.75, 3.05) is 27.2 Å². The van der Waals surface area contributed by atoms with E-state index in [1.54, 1.807) is 11.8 Å². The van der Waals surface area contributed by atoms with Gasteiger partial charge in [-0.25, -0.2) is 9.59 Å². The molecule has 1 saturated heterocycles. The number of rotatable bonds is 5. The SMILES string of the molecule is CCCC(C)(NC(=O)N1CCC(N(C)C)CC1)C(=O)O. The van der Waals surface area contributed by atoms with Crippen LogP contribution in [0.1, 0.15) is 39.5 Å². The molecule has 0 aromatic heterocycles. The highest BCUT2D eigenvalue weighted by Crippen LogP contribution is 2.17. The Labute approximate surface area is 121 Å². The van der Waals surface area contributed by atoms with Crippen molar-refractivity contribution >= 4 is 12.0 Å². The van der Waals surface area contributed by atoms with Gasteiger partial charge in [-0.1, -0.05) is 13.3 Å². The summed E-state index contributed by atoms with van der Waals surface area (Å²) >= 11 is 0. The fourth-order valence-electron chi connectivity index (χ4n) is 2.62. The van der Waals surface area contributed by atoms with Crippen molar-refractivity contribution in [2.45, 2.75) is 51.1 Å². The molecule has 6 nitrogen and oxygen atoms in total. The van der Waals surface area contributed by atoms with E-state index in [0.717, 1.165) is 12.8 Å². The van der Waals surface area contributed by atoms with Crippen molar-refractivity contribution in [1.82, 2.24) is 15.1 Å². The summed E-state index contributed by atoms with van der Waals surface area (Å²) in [5, 5.41) is 12.0. The first-order valence-corrected chi connectivity index (χ1v) is 7.27. The molecule has 0 aliphatic carbocycles. The van der Waals surface area contributed by atoms with Gasteiger partial charge >= 0.3 is 12.0 Å². The lowest BCUT2D eigenvalue weighted by molar-refractivity contribution is -0.144. The lowest BCUT2D eigenvalue weighted by atomic mass is 9.96. The molecule has 0 bridgehead atoms. The number of nitrogens with zero attached hydrogens (tertiary/aromatic N) is 2. The smallest absolute Gasteiger partial charge is 0.329 e. The maximum absolute atomic E-state index is 12.2. The van der Waals surface area contributed by atoms with Gasteiger partial charge in [0.2, 0.25) is 0 Å². The number of likely N-dealkylation sites (tertiary alicyclic amines) is 1. The first-order chi connectivity index (χ1) is 9.30. The second kappa shape index (κ2) is 6.92. The van der Waals surface area contributed by atoms with Gasteiger partial charge in [0.15, 0.2) is 0 Å². The van der Waals surface area contributed by atoms with Gasteiger partial charge < -0.3 is 20.2 Å². The summed E-state index contributed by atoms with van der Waals surface area (Å²) in [6.45, 7) is 4.84.